The average Bonchev–Trinajstić information content (AvgIpc) is 3.19. The number of ether oxygens (including phenoxy) is 1. The number of hydrogen-bond donors (Lipinski definition) is 0. The molecule has 200 valence electrons. The van der Waals surface area contributed by atoms with Crippen LogP contribution in [0.4, 0.5) is 11.6 Å². The van der Waals surface area contributed by atoms with Gasteiger partial charge in [-0.15, -0.1) is 0 Å². The smallest absolute Gasteiger partial charge is 0.203 e. The molecule has 1 atom stereocenters. The van der Waals surface area contributed by atoms with E-state index in [1.165, 1.54) is 11.6 Å². The van der Waals surface area contributed by atoms with Crippen LogP contribution in [0.3, 0.4) is 0 Å². The number of carbonyl (C=O) groups is 1. The molecule has 4 heterocycles. The van der Waals surface area contributed by atoms with Crippen molar-refractivity contribution < 1.29 is 17.9 Å². The van der Waals surface area contributed by atoms with Gasteiger partial charge in [0.2, 0.25) is 9.84 Å². The molecule has 3 aromatic rings. The highest BCUT2D eigenvalue weighted by molar-refractivity contribution is 7.92. The van der Waals surface area contributed by atoms with Gasteiger partial charge in [0, 0.05) is 31.4 Å². The summed E-state index contributed by atoms with van der Waals surface area (Å²) in [5, 5.41) is -0.0931. The van der Waals surface area contributed by atoms with Crippen molar-refractivity contribution in [3.8, 4) is 5.75 Å². The molecule has 8 nitrogen and oxygen atoms in total. The van der Waals surface area contributed by atoms with E-state index in [1.54, 1.807) is 31.5 Å². The molecule has 0 saturated carbocycles. The van der Waals surface area contributed by atoms with Crippen LogP contribution in [0.1, 0.15) is 48.7 Å². The second-order valence-electron chi connectivity index (χ2n) is 10.9. The number of fused-ring (bicyclic) bond motifs is 1. The Morgan fingerprint density at radius 1 is 1.13 bits per heavy atom. The topological polar surface area (TPSA) is 92.7 Å². The summed E-state index contributed by atoms with van der Waals surface area (Å²) in [6.07, 6.45) is 3.43. The molecule has 1 saturated heterocycles. The zero-order valence-corrected chi connectivity index (χ0v) is 23.2. The molecule has 0 bridgehead atoms. The van der Waals surface area contributed by atoms with Crippen molar-refractivity contribution in [2.24, 2.45) is 5.92 Å². The van der Waals surface area contributed by atoms with Crippen LogP contribution in [-0.2, 0) is 22.8 Å². The molecule has 1 unspecified atom stereocenters. The Morgan fingerprint density at radius 2 is 1.95 bits per heavy atom. The van der Waals surface area contributed by atoms with Gasteiger partial charge in [-0.3, -0.25) is 4.79 Å². The fraction of sp³-hybridized carbons (Fsp3) is 0.414. The second kappa shape index (κ2) is 10.0. The zero-order valence-electron chi connectivity index (χ0n) is 22.3. The van der Waals surface area contributed by atoms with E-state index in [-0.39, 0.29) is 10.6 Å². The number of carbonyl (C=O) groups excluding carboxylic acids is 1. The van der Waals surface area contributed by atoms with Crippen molar-refractivity contribution >= 4 is 27.3 Å². The van der Waals surface area contributed by atoms with Crippen molar-refractivity contribution in [2.75, 3.05) is 35.8 Å². The van der Waals surface area contributed by atoms with Crippen LogP contribution in [0, 0.1) is 5.92 Å². The number of rotatable bonds is 7. The van der Waals surface area contributed by atoms with Gasteiger partial charge in [0.25, 0.3) is 0 Å². The molecule has 1 fully saturated rings. The number of nitrogens with zero attached hydrogens (tertiary/aromatic N) is 4. The minimum atomic E-state index is -3.97. The van der Waals surface area contributed by atoms with Gasteiger partial charge >= 0.3 is 0 Å². The zero-order chi connectivity index (χ0) is 27.1. The molecule has 0 N–H and O–H groups in total. The van der Waals surface area contributed by atoms with E-state index in [0.717, 1.165) is 30.7 Å². The first kappa shape index (κ1) is 26.2. The normalized spacial score (nSPS) is 18.8. The number of pyridine rings is 2. The first-order valence-corrected chi connectivity index (χ1v) is 14.6. The van der Waals surface area contributed by atoms with E-state index in [9.17, 15) is 13.2 Å². The summed E-state index contributed by atoms with van der Waals surface area (Å²) in [5.74, 6) is 1.27. The Morgan fingerprint density at radius 3 is 2.68 bits per heavy atom. The molecule has 0 spiro atoms. The fourth-order valence-corrected chi connectivity index (χ4v) is 6.89. The van der Waals surface area contributed by atoms with Crippen LogP contribution in [0.5, 0.6) is 5.75 Å². The maximum absolute atomic E-state index is 13.4. The number of hydrogen-bond acceptors (Lipinski definition) is 8. The lowest BCUT2D eigenvalue weighted by Gasteiger charge is -2.33. The number of aromatic nitrogens is 2. The lowest BCUT2D eigenvalue weighted by molar-refractivity contribution is 0.102. The molecule has 5 rings (SSSR count). The number of sulfone groups is 1. The van der Waals surface area contributed by atoms with E-state index in [0.29, 0.717) is 36.2 Å². The first-order valence-electron chi connectivity index (χ1n) is 12.9. The summed E-state index contributed by atoms with van der Waals surface area (Å²) in [6, 6.07) is 14.3. The molecular weight excluding hydrogens is 500 g/mol. The van der Waals surface area contributed by atoms with E-state index < -0.39 is 21.4 Å². The van der Waals surface area contributed by atoms with Gasteiger partial charge < -0.3 is 14.5 Å². The second-order valence-corrected chi connectivity index (χ2v) is 12.9. The van der Waals surface area contributed by atoms with Crippen LogP contribution >= 0.6 is 0 Å². The van der Waals surface area contributed by atoms with Gasteiger partial charge in [0.1, 0.15) is 23.1 Å². The summed E-state index contributed by atoms with van der Waals surface area (Å²) in [4.78, 5) is 26.6. The fourth-order valence-electron chi connectivity index (χ4n) is 5.72. The average molecular weight is 535 g/mol. The van der Waals surface area contributed by atoms with Gasteiger partial charge in [0.15, 0.2) is 10.8 Å². The Balaban J connectivity index is 1.36. The van der Waals surface area contributed by atoms with Crippen LogP contribution < -0.4 is 14.5 Å². The number of anilines is 2. The maximum atomic E-state index is 13.4. The van der Waals surface area contributed by atoms with E-state index in [4.69, 9.17) is 4.74 Å². The van der Waals surface area contributed by atoms with Gasteiger partial charge in [-0.25, -0.2) is 18.4 Å². The highest BCUT2D eigenvalue weighted by Crippen LogP contribution is 2.37. The predicted molar refractivity (Wildman–Crippen MR) is 148 cm³/mol. The standard InChI is InChI=1S/C29H34N4O4S/c1-20-16-29(2,3)33(17-20)28-24(7-6-13-30-28)25(34)19-38(35,36)27-9-5-8-26(31-27)32-14-12-21-15-23(37-4)11-10-22(21)18-32/h5-11,13,15,20H,12,14,16-19H2,1-4H3. The van der Waals surface area contributed by atoms with Crippen LogP contribution in [-0.4, -0.2) is 55.7 Å². The minimum absolute atomic E-state index is 0.0931. The molecular formula is C29H34N4O4S. The Hall–Kier alpha value is -3.46. The van der Waals surface area contributed by atoms with E-state index >= 15 is 0 Å². The lowest BCUT2D eigenvalue weighted by atomic mass is 9.97. The van der Waals surface area contributed by atoms with E-state index in [2.05, 4.69) is 40.5 Å². The first-order chi connectivity index (χ1) is 18.1. The number of Topliss-reactive ketones (excluding diaryl/α,β-unsaturated/α-hetero) is 1. The maximum Gasteiger partial charge on any atom is 0.203 e. The van der Waals surface area contributed by atoms with Crippen LogP contribution in [0.25, 0.3) is 0 Å². The van der Waals surface area contributed by atoms with Crippen molar-refractivity contribution in [3.63, 3.8) is 0 Å². The summed E-state index contributed by atoms with van der Waals surface area (Å²) >= 11 is 0. The highest BCUT2D eigenvalue weighted by atomic mass is 32.2. The third kappa shape index (κ3) is 5.12. The highest BCUT2D eigenvalue weighted by Gasteiger charge is 2.39. The summed E-state index contributed by atoms with van der Waals surface area (Å²) in [5.41, 5.74) is 2.54. The molecule has 0 radical (unpaired) electrons. The SMILES string of the molecule is COc1ccc2c(c1)CCN(c1cccc(S(=O)(=O)CC(=O)c3cccnc3N3CC(C)CC3(C)C)n1)C2. The number of ketones is 1. The van der Waals surface area contributed by atoms with Gasteiger partial charge in [0.05, 0.1) is 12.7 Å². The van der Waals surface area contributed by atoms with Crippen molar-refractivity contribution in [1.82, 2.24) is 9.97 Å². The van der Waals surface area contributed by atoms with Crippen LogP contribution in [0.15, 0.2) is 59.8 Å². The Kier molecular flexibility index (Phi) is 6.90. The largest absolute Gasteiger partial charge is 0.497 e. The predicted octanol–water partition coefficient (Wildman–Crippen LogP) is 4.33. The summed E-state index contributed by atoms with van der Waals surface area (Å²) in [6.45, 7) is 8.53. The third-order valence-electron chi connectivity index (χ3n) is 7.51. The van der Waals surface area contributed by atoms with Gasteiger partial charge in [-0.05, 0) is 80.1 Å². The molecule has 0 aliphatic carbocycles. The van der Waals surface area contributed by atoms with Crippen molar-refractivity contribution in [2.45, 2.75) is 50.7 Å². The minimum Gasteiger partial charge on any atom is -0.497 e. The van der Waals surface area contributed by atoms with Crippen molar-refractivity contribution in [3.05, 3.63) is 71.4 Å². The monoisotopic (exact) mass is 534 g/mol. The molecule has 0 amide bonds. The van der Waals surface area contributed by atoms with Crippen LogP contribution in [0.2, 0.25) is 0 Å². The quantitative estimate of drug-likeness (QED) is 0.414. The summed E-state index contributed by atoms with van der Waals surface area (Å²) in [7, 11) is -2.32. The number of methoxy groups -OCH3 is 1. The molecule has 2 aliphatic rings. The number of benzene rings is 1. The summed E-state index contributed by atoms with van der Waals surface area (Å²) < 4.78 is 32.1. The van der Waals surface area contributed by atoms with Gasteiger partial charge in [-0.2, -0.15) is 0 Å². The molecule has 2 aliphatic heterocycles. The molecule has 2 aromatic heterocycles. The Labute approximate surface area is 224 Å². The molecule has 9 heteroatoms. The van der Waals surface area contributed by atoms with E-state index in [1.807, 2.05) is 24.3 Å². The lowest BCUT2D eigenvalue weighted by Crippen LogP contribution is -2.40. The third-order valence-corrected chi connectivity index (χ3v) is 9.02. The molecule has 38 heavy (non-hydrogen) atoms. The van der Waals surface area contributed by atoms with Crippen molar-refractivity contribution in [1.29, 1.82) is 0 Å². The molecule has 1 aromatic carbocycles. The van der Waals surface area contributed by atoms with Gasteiger partial charge in [-0.1, -0.05) is 19.1 Å². The Bertz CT molecular complexity index is 1470.